The second-order valence-electron chi connectivity index (χ2n) is 10.1. The van der Waals surface area contributed by atoms with Crippen LogP contribution < -0.4 is 20.7 Å². The predicted octanol–water partition coefficient (Wildman–Crippen LogP) is 6.12. The number of nitrogens with two attached hydrogens (primary N) is 1. The van der Waals surface area contributed by atoms with Gasteiger partial charge in [0.15, 0.2) is 0 Å². The van der Waals surface area contributed by atoms with Crippen molar-refractivity contribution in [2.45, 2.75) is 32.5 Å². The first kappa shape index (κ1) is 29.4. The predicted molar refractivity (Wildman–Crippen MR) is 156 cm³/mol. The number of halogens is 3. The van der Waals surface area contributed by atoms with Crippen molar-refractivity contribution in [2.24, 2.45) is 0 Å². The molecule has 11 heteroatoms. The van der Waals surface area contributed by atoms with Crippen molar-refractivity contribution in [2.75, 3.05) is 44.2 Å². The Morgan fingerprint density at radius 2 is 1.78 bits per heavy atom. The standard InChI is InChI=1S/C30H33F3N6O2/c1-17(20-13-21(30(31,32)33)15-22(34)14-20)35-29-24-16-23(8-9-25(24)36-18(2)37-29)39(5)26-10-7-19(11-27(26)41-6)12-28(40)38(3)4/h7-11,13-17H,12,34H2,1-6H3,(H,35,36,37)/t17-/m1/s1. The highest BCUT2D eigenvalue weighted by molar-refractivity contribution is 5.93. The first-order valence-corrected chi connectivity index (χ1v) is 12.9. The Hall–Kier alpha value is -4.54. The van der Waals surface area contributed by atoms with Crippen LogP contribution in [0.4, 0.5) is 36.1 Å². The second kappa shape index (κ2) is 11.5. The lowest BCUT2D eigenvalue weighted by Crippen LogP contribution is -2.23. The molecule has 1 atom stereocenters. The van der Waals surface area contributed by atoms with Gasteiger partial charge < -0.3 is 25.6 Å². The van der Waals surface area contributed by atoms with Gasteiger partial charge >= 0.3 is 6.18 Å². The Labute approximate surface area is 236 Å². The highest BCUT2D eigenvalue weighted by Gasteiger charge is 2.31. The van der Waals surface area contributed by atoms with E-state index in [1.165, 1.54) is 6.07 Å². The average Bonchev–Trinajstić information content (AvgIpc) is 2.91. The molecule has 8 nitrogen and oxygen atoms in total. The van der Waals surface area contributed by atoms with Gasteiger partial charge in [0.25, 0.3) is 0 Å². The fourth-order valence-electron chi connectivity index (χ4n) is 4.51. The Balaban J connectivity index is 1.69. The molecule has 0 aliphatic rings. The largest absolute Gasteiger partial charge is 0.495 e. The minimum Gasteiger partial charge on any atom is -0.495 e. The van der Waals surface area contributed by atoms with E-state index in [9.17, 15) is 18.0 Å². The molecule has 0 spiro atoms. The summed E-state index contributed by atoms with van der Waals surface area (Å²) in [6, 6.07) is 14.3. The molecule has 0 saturated carbocycles. The van der Waals surface area contributed by atoms with Crippen molar-refractivity contribution in [3.63, 3.8) is 0 Å². The lowest BCUT2D eigenvalue weighted by atomic mass is 10.0. The first-order chi connectivity index (χ1) is 19.3. The van der Waals surface area contributed by atoms with Gasteiger partial charge in [-0.25, -0.2) is 9.97 Å². The molecule has 1 aromatic heterocycles. The number of rotatable bonds is 8. The first-order valence-electron chi connectivity index (χ1n) is 12.9. The summed E-state index contributed by atoms with van der Waals surface area (Å²) >= 11 is 0. The number of amides is 1. The summed E-state index contributed by atoms with van der Waals surface area (Å²) in [5.74, 6) is 1.59. The molecule has 0 unspecified atom stereocenters. The van der Waals surface area contributed by atoms with Gasteiger partial charge in [0.05, 0.1) is 36.3 Å². The van der Waals surface area contributed by atoms with Gasteiger partial charge in [-0.2, -0.15) is 13.2 Å². The fraction of sp³-hybridized carbons (Fsp3) is 0.300. The number of nitrogens with one attached hydrogen (secondary N) is 1. The third-order valence-corrected chi connectivity index (χ3v) is 6.80. The molecule has 0 aliphatic heterocycles. The molecule has 1 heterocycles. The Kier molecular flexibility index (Phi) is 8.27. The van der Waals surface area contributed by atoms with Crippen molar-refractivity contribution in [3.05, 3.63) is 77.1 Å². The van der Waals surface area contributed by atoms with Gasteiger partial charge in [-0.05, 0) is 73.5 Å². The van der Waals surface area contributed by atoms with E-state index in [0.717, 1.165) is 29.1 Å². The van der Waals surface area contributed by atoms with E-state index in [-0.39, 0.29) is 18.0 Å². The Morgan fingerprint density at radius 1 is 1.05 bits per heavy atom. The zero-order valence-corrected chi connectivity index (χ0v) is 23.8. The molecule has 0 fully saturated rings. The van der Waals surface area contributed by atoms with Crippen molar-refractivity contribution in [3.8, 4) is 5.75 Å². The number of likely N-dealkylation sites (N-methyl/N-ethyl adjacent to an activating group) is 1. The number of aromatic nitrogens is 2. The summed E-state index contributed by atoms with van der Waals surface area (Å²) in [7, 11) is 6.89. The average molecular weight is 567 g/mol. The number of carbonyl (C=O) groups excluding carboxylic acids is 1. The van der Waals surface area contributed by atoms with Crippen LogP contribution >= 0.6 is 0 Å². The zero-order chi connectivity index (χ0) is 30.1. The van der Waals surface area contributed by atoms with Crippen molar-refractivity contribution in [1.29, 1.82) is 0 Å². The van der Waals surface area contributed by atoms with Gasteiger partial charge in [-0.15, -0.1) is 0 Å². The van der Waals surface area contributed by atoms with Crippen molar-refractivity contribution < 1.29 is 22.7 Å². The van der Waals surface area contributed by atoms with Crippen LogP contribution in [-0.4, -0.2) is 49.0 Å². The SMILES string of the molecule is COc1cc(CC(=O)N(C)C)ccc1N(C)c1ccc2nc(C)nc(N[C@H](C)c3cc(N)cc(C(F)(F)F)c3)c2c1. The number of methoxy groups -OCH3 is 1. The molecule has 0 bridgehead atoms. The summed E-state index contributed by atoms with van der Waals surface area (Å²) < 4.78 is 45.8. The summed E-state index contributed by atoms with van der Waals surface area (Å²) in [5.41, 5.74) is 8.49. The maximum Gasteiger partial charge on any atom is 0.416 e. The number of hydrogen-bond donors (Lipinski definition) is 2. The quantitative estimate of drug-likeness (QED) is 0.248. The second-order valence-corrected chi connectivity index (χ2v) is 10.1. The summed E-state index contributed by atoms with van der Waals surface area (Å²) in [6.07, 6.45) is -4.26. The van der Waals surface area contributed by atoms with Gasteiger partial charge in [0.1, 0.15) is 17.4 Å². The summed E-state index contributed by atoms with van der Waals surface area (Å²) in [4.78, 5) is 24.8. The molecule has 4 rings (SSSR count). The van der Waals surface area contributed by atoms with E-state index in [1.54, 1.807) is 40.0 Å². The van der Waals surface area contributed by atoms with E-state index in [4.69, 9.17) is 10.5 Å². The van der Waals surface area contributed by atoms with Gasteiger partial charge in [-0.3, -0.25) is 4.79 Å². The van der Waals surface area contributed by atoms with Crippen LogP contribution in [0.25, 0.3) is 10.9 Å². The van der Waals surface area contributed by atoms with Crippen LogP contribution in [0.3, 0.4) is 0 Å². The molecule has 0 saturated heterocycles. The molecule has 3 aromatic carbocycles. The van der Waals surface area contributed by atoms with Crippen LogP contribution in [0.1, 0.15) is 35.5 Å². The lowest BCUT2D eigenvalue weighted by molar-refractivity contribution is -0.137. The number of alkyl halides is 3. The molecule has 0 radical (unpaired) electrons. The van der Waals surface area contributed by atoms with Crippen LogP contribution in [0.15, 0.2) is 54.6 Å². The Bertz CT molecular complexity index is 1590. The van der Waals surface area contributed by atoms with Crippen molar-refractivity contribution >= 4 is 39.7 Å². The highest BCUT2D eigenvalue weighted by Crippen LogP contribution is 2.37. The molecule has 216 valence electrons. The topological polar surface area (TPSA) is 96.6 Å². The monoisotopic (exact) mass is 566 g/mol. The molecule has 41 heavy (non-hydrogen) atoms. The molecular weight excluding hydrogens is 533 g/mol. The smallest absolute Gasteiger partial charge is 0.416 e. The van der Waals surface area contributed by atoms with Gasteiger partial charge in [0, 0.05) is 37.9 Å². The normalized spacial score (nSPS) is 12.2. The summed E-state index contributed by atoms with van der Waals surface area (Å²) in [5, 5.41) is 3.95. The number of aryl methyl sites for hydroxylation is 1. The Morgan fingerprint density at radius 3 is 2.44 bits per heavy atom. The fourth-order valence-corrected chi connectivity index (χ4v) is 4.51. The molecular formula is C30H33F3N6O2. The third kappa shape index (κ3) is 6.62. The number of ether oxygens (including phenoxy) is 1. The number of carbonyl (C=O) groups is 1. The molecule has 1 amide bonds. The maximum absolute atomic E-state index is 13.4. The van der Waals surface area contributed by atoms with Crippen LogP contribution in [0.2, 0.25) is 0 Å². The maximum atomic E-state index is 13.4. The highest BCUT2D eigenvalue weighted by atomic mass is 19.4. The van der Waals surface area contributed by atoms with E-state index in [1.807, 2.05) is 48.3 Å². The van der Waals surface area contributed by atoms with E-state index in [2.05, 4.69) is 15.3 Å². The number of benzene rings is 3. The van der Waals surface area contributed by atoms with Crippen LogP contribution in [0.5, 0.6) is 5.75 Å². The van der Waals surface area contributed by atoms with Gasteiger partial charge in [0.2, 0.25) is 5.91 Å². The van der Waals surface area contributed by atoms with E-state index < -0.39 is 17.8 Å². The molecule has 4 aromatic rings. The van der Waals surface area contributed by atoms with Crippen molar-refractivity contribution in [1.82, 2.24) is 14.9 Å². The number of nitrogens with zero attached hydrogens (tertiary/aromatic N) is 4. The minimum atomic E-state index is -4.51. The third-order valence-electron chi connectivity index (χ3n) is 6.80. The van der Waals surface area contributed by atoms with Gasteiger partial charge in [-0.1, -0.05) is 6.07 Å². The van der Waals surface area contributed by atoms with Crippen LogP contribution in [-0.2, 0) is 17.4 Å². The van der Waals surface area contributed by atoms with E-state index in [0.29, 0.717) is 33.9 Å². The zero-order valence-electron chi connectivity index (χ0n) is 23.8. The number of hydrogen-bond acceptors (Lipinski definition) is 7. The van der Waals surface area contributed by atoms with Crippen LogP contribution in [0, 0.1) is 6.92 Å². The number of anilines is 4. The number of nitrogen functional groups attached to an aromatic ring is 1. The minimum absolute atomic E-state index is 0.0138. The summed E-state index contributed by atoms with van der Waals surface area (Å²) in [6.45, 7) is 3.51. The van der Waals surface area contributed by atoms with E-state index >= 15 is 0 Å². The molecule has 0 aliphatic carbocycles. The lowest BCUT2D eigenvalue weighted by Gasteiger charge is -2.24. The molecule has 3 N–H and O–H groups in total. The number of fused-ring (bicyclic) bond motifs is 1.